The first kappa shape index (κ1) is 15.7. The van der Waals surface area contributed by atoms with Crippen molar-refractivity contribution < 1.29 is 4.79 Å². The summed E-state index contributed by atoms with van der Waals surface area (Å²) in [5, 5.41) is 5.87. The van der Waals surface area contributed by atoms with Gasteiger partial charge in [0, 0.05) is 11.6 Å². The van der Waals surface area contributed by atoms with Crippen LogP contribution in [0, 0.1) is 0 Å². The van der Waals surface area contributed by atoms with Crippen molar-refractivity contribution in [1.29, 1.82) is 0 Å². The number of hydrogen-bond acceptors (Lipinski definition) is 3. The molecule has 100 valence electrons. The van der Waals surface area contributed by atoms with E-state index in [1.165, 1.54) is 0 Å². The molecule has 0 fully saturated rings. The van der Waals surface area contributed by atoms with Gasteiger partial charge in [-0.05, 0) is 41.5 Å². The monoisotopic (exact) mass is 243 g/mol. The van der Waals surface area contributed by atoms with Crippen molar-refractivity contribution in [3.63, 3.8) is 0 Å². The van der Waals surface area contributed by atoms with Crippen LogP contribution in [0.3, 0.4) is 0 Å². The van der Waals surface area contributed by atoms with Crippen molar-refractivity contribution in [2.45, 2.75) is 59.2 Å². The average molecular weight is 243 g/mol. The molecule has 6 heteroatoms. The first-order valence-electron chi connectivity index (χ1n) is 5.78. The summed E-state index contributed by atoms with van der Waals surface area (Å²) in [6.45, 7) is 11.4. The first-order valence-corrected chi connectivity index (χ1v) is 5.78. The molecule has 0 aromatic carbocycles. The number of carbonyl (C=O) groups is 1. The molecule has 17 heavy (non-hydrogen) atoms. The molecular weight excluding hydrogens is 218 g/mol. The van der Waals surface area contributed by atoms with E-state index < -0.39 is 6.04 Å². The Morgan fingerprint density at radius 1 is 1.24 bits per heavy atom. The van der Waals surface area contributed by atoms with Crippen molar-refractivity contribution in [2.24, 2.45) is 10.8 Å². The van der Waals surface area contributed by atoms with Crippen molar-refractivity contribution in [3.05, 3.63) is 0 Å². The number of nitrogens with zero attached hydrogens (tertiary/aromatic N) is 1. The van der Waals surface area contributed by atoms with Crippen LogP contribution in [0.2, 0.25) is 0 Å². The maximum absolute atomic E-state index is 11.8. The molecule has 1 atom stereocenters. The highest BCUT2D eigenvalue weighted by atomic mass is 16.2. The van der Waals surface area contributed by atoms with Gasteiger partial charge >= 0.3 is 0 Å². The van der Waals surface area contributed by atoms with Gasteiger partial charge in [0.05, 0.1) is 0 Å². The maximum atomic E-state index is 11.8. The van der Waals surface area contributed by atoms with Crippen molar-refractivity contribution in [2.75, 3.05) is 0 Å². The molecule has 0 aromatic heterocycles. The van der Waals surface area contributed by atoms with E-state index in [0.29, 0.717) is 5.96 Å². The topological polar surface area (TPSA) is 91.5 Å². The summed E-state index contributed by atoms with van der Waals surface area (Å²) < 4.78 is 0. The van der Waals surface area contributed by atoms with E-state index in [-0.39, 0.29) is 17.5 Å². The maximum Gasteiger partial charge on any atom is 0.245 e. The van der Waals surface area contributed by atoms with Gasteiger partial charge in [-0.25, -0.2) is 10.8 Å². The second kappa shape index (κ2) is 6.44. The molecule has 0 heterocycles. The number of nitrogens with two attached hydrogens (primary N) is 1. The third-order valence-electron chi connectivity index (χ3n) is 1.76. The van der Waals surface area contributed by atoms with Crippen LogP contribution in [-0.4, -0.2) is 29.5 Å². The molecule has 0 radical (unpaired) electrons. The average Bonchev–Trinajstić information content (AvgIpc) is 2.13. The summed E-state index contributed by atoms with van der Waals surface area (Å²) in [6, 6.07) is -0.297. The van der Waals surface area contributed by atoms with E-state index in [1.54, 1.807) is 6.92 Å². The Labute approximate surface area is 103 Å². The lowest BCUT2D eigenvalue weighted by atomic mass is 10.1. The van der Waals surface area contributed by atoms with Crippen molar-refractivity contribution in [3.8, 4) is 0 Å². The number of rotatable bonds is 3. The van der Waals surface area contributed by atoms with Crippen LogP contribution < -0.4 is 21.9 Å². The van der Waals surface area contributed by atoms with Gasteiger partial charge in [0.2, 0.25) is 11.9 Å². The van der Waals surface area contributed by atoms with E-state index >= 15 is 0 Å². The summed E-state index contributed by atoms with van der Waals surface area (Å²) in [7, 11) is 0. The number of guanidine groups is 1. The molecule has 6 nitrogen and oxygen atoms in total. The number of hydrogen-bond donors (Lipinski definition) is 4. The lowest BCUT2D eigenvalue weighted by Crippen LogP contribution is -2.48. The summed E-state index contributed by atoms with van der Waals surface area (Å²) >= 11 is 0. The Bertz CT molecular complexity index is 280. The number of carbonyl (C=O) groups excluding carboxylic acids is 1. The largest absolute Gasteiger partial charge is 0.353 e. The molecule has 0 aliphatic heterocycles. The Kier molecular flexibility index (Phi) is 5.95. The lowest BCUT2D eigenvalue weighted by Gasteiger charge is -2.22. The predicted molar refractivity (Wildman–Crippen MR) is 70.4 cm³/mol. The van der Waals surface area contributed by atoms with Crippen LogP contribution in [0.4, 0.5) is 0 Å². The molecule has 0 aromatic rings. The summed E-state index contributed by atoms with van der Waals surface area (Å²) in [4.78, 5) is 16.0. The number of amides is 1. The molecule has 0 saturated heterocycles. The highest BCUT2D eigenvalue weighted by Gasteiger charge is 2.19. The summed E-state index contributed by atoms with van der Waals surface area (Å²) in [5.74, 6) is 5.61. The highest BCUT2D eigenvalue weighted by Crippen LogP contribution is 2.01. The van der Waals surface area contributed by atoms with Gasteiger partial charge in [-0.1, -0.05) is 0 Å². The zero-order valence-corrected chi connectivity index (χ0v) is 11.6. The summed E-state index contributed by atoms with van der Waals surface area (Å²) in [5.41, 5.74) is 2.18. The minimum Gasteiger partial charge on any atom is -0.353 e. The number of nitrogens with one attached hydrogen (secondary N) is 3. The molecular formula is C11H25N5O. The van der Waals surface area contributed by atoms with Crippen molar-refractivity contribution in [1.82, 2.24) is 16.1 Å². The summed E-state index contributed by atoms with van der Waals surface area (Å²) in [6.07, 6.45) is 0. The normalized spacial score (nSPS) is 14.5. The molecule has 0 aliphatic rings. The Balaban J connectivity index is 4.53. The van der Waals surface area contributed by atoms with Gasteiger partial charge in [-0.2, -0.15) is 0 Å². The van der Waals surface area contributed by atoms with Gasteiger partial charge in [0.25, 0.3) is 0 Å². The number of aliphatic imine (C=N–C) groups is 1. The van der Waals surface area contributed by atoms with Crippen LogP contribution in [-0.2, 0) is 4.79 Å². The standard InChI is InChI=1S/C11H25N5O/c1-7(2)13-10(16-12)14-8(3)9(17)15-11(4,5)6/h7-8H,12H2,1-6H3,(H,15,17)(H2,13,14,16). The zero-order chi connectivity index (χ0) is 13.6. The molecule has 0 spiro atoms. The third-order valence-corrected chi connectivity index (χ3v) is 1.76. The van der Waals surface area contributed by atoms with Crippen LogP contribution in [0.15, 0.2) is 4.99 Å². The van der Waals surface area contributed by atoms with Crippen LogP contribution >= 0.6 is 0 Å². The second-order valence-corrected chi connectivity index (χ2v) is 5.34. The predicted octanol–water partition coefficient (Wildman–Crippen LogP) is 0.107. The van der Waals surface area contributed by atoms with Crippen LogP contribution in [0.5, 0.6) is 0 Å². The number of hydrazine groups is 1. The lowest BCUT2D eigenvalue weighted by molar-refractivity contribution is -0.123. The molecule has 5 N–H and O–H groups in total. The molecule has 0 aliphatic carbocycles. The van der Waals surface area contributed by atoms with Crippen LogP contribution in [0.1, 0.15) is 41.5 Å². The van der Waals surface area contributed by atoms with Gasteiger partial charge in [-0.15, -0.1) is 0 Å². The fraction of sp³-hybridized carbons (Fsp3) is 0.818. The van der Waals surface area contributed by atoms with Gasteiger partial charge in [0.15, 0.2) is 0 Å². The van der Waals surface area contributed by atoms with Gasteiger partial charge in [-0.3, -0.25) is 10.2 Å². The van der Waals surface area contributed by atoms with Crippen molar-refractivity contribution >= 4 is 11.9 Å². The molecule has 0 bridgehead atoms. The molecule has 0 rings (SSSR count). The van der Waals surface area contributed by atoms with E-state index in [4.69, 9.17) is 5.84 Å². The Morgan fingerprint density at radius 2 is 1.76 bits per heavy atom. The SMILES string of the molecule is CC(C)NC(=NC(C)C(=O)NC(C)(C)C)NN. The Hall–Kier alpha value is -1.30. The van der Waals surface area contributed by atoms with E-state index in [1.807, 2.05) is 34.6 Å². The van der Waals surface area contributed by atoms with Gasteiger partial charge < -0.3 is 10.6 Å². The zero-order valence-electron chi connectivity index (χ0n) is 11.6. The fourth-order valence-electron chi connectivity index (χ4n) is 1.12. The Morgan fingerprint density at radius 3 is 2.12 bits per heavy atom. The minimum atomic E-state index is -0.494. The first-order chi connectivity index (χ1) is 7.65. The molecule has 1 unspecified atom stereocenters. The highest BCUT2D eigenvalue weighted by molar-refractivity contribution is 5.87. The van der Waals surface area contributed by atoms with E-state index in [0.717, 1.165) is 0 Å². The minimum absolute atomic E-state index is 0.129. The smallest absolute Gasteiger partial charge is 0.245 e. The third kappa shape index (κ3) is 7.57. The van der Waals surface area contributed by atoms with E-state index in [2.05, 4.69) is 21.1 Å². The van der Waals surface area contributed by atoms with E-state index in [9.17, 15) is 4.79 Å². The molecule has 0 saturated carbocycles. The second-order valence-electron chi connectivity index (χ2n) is 5.34. The molecule has 1 amide bonds. The quantitative estimate of drug-likeness (QED) is 0.245. The van der Waals surface area contributed by atoms with Crippen LogP contribution in [0.25, 0.3) is 0 Å². The van der Waals surface area contributed by atoms with Gasteiger partial charge in [0.1, 0.15) is 6.04 Å². The fourth-order valence-corrected chi connectivity index (χ4v) is 1.12.